The zero-order valence-corrected chi connectivity index (χ0v) is 19.4. The molecule has 4 nitrogen and oxygen atoms in total. The molecule has 0 saturated heterocycles. The monoisotopic (exact) mass is 525 g/mol. The number of hydrogen-bond acceptors (Lipinski definition) is 5. The number of nitrogens with zero attached hydrogens (tertiary/aromatic N) is 2. The summed E-state index contributed by atoms with van der Waals surface area (Å²) in [5.41, 5.74) is 3.27. The molecule has 27 heavy (non-hydrogen) atoms. The van der Waals surface area contributed by atoms with E-state index in [0.717, 1.165) is 48.3 Å². The second kappa shape index (κ2) is 8.19. The van der Waals surface area contributed by atoms with Crippen molar-refractivity contribution in [2.24, 2.45) is 0 Å². The number of anilines is 1. The van der Waals surface area contributed by atoms with Crippen molar-refractivity contribution in [3.8, 4) is 0 Å². The third kappa shape index (κ3) is 4.09. The molecule has 4 rings (SSSR count). The number of aromatic nitrogens is 2. The van der Waals surface area contributed by atoms with Gasteiger partial charge in [0.1, 0.15) is 16.2 Å². The number of aryl methyl sites for hydroxylation is 3. The Balaban J connectivity index is 1.52. The van der Waals surface area contributed by atoms with E-state index in [2.05, 4.69) is 47.1 Å². The van der Waals surface area contributed by atoms with Gasteiger partial charge in [0.05, 0.1) is 11.4 Å². The molecule has 8 heteroatoms. The fourth-order valence-corrected chi connectivity index (χ4v) is 7.03. The molecule has 0 saturated carbocycles. The number of nitrogens with one attached hydrogen (secondary N) is 1. The first kappa shape index (κ1) is 19.4. The van der Waals surface area contributed by atoms with E-state index in [-0.39, 0.29) is 5.91 Å². The van der Waals surface area contributed by atoms with E-state index in [4.69, 9.17) is 0 Å². The SMILES string of the molecule is Cc1cc(Br)c(NC(=O)CSc2ncnc3sc4c(c23)CCCC4)c(Br)c1. The smallest absolute Gasteiger partial charge is 0.234 e. The molecule has 140 valence electrons. The first-order chi connectivity index (χ1) is 13.0. The van der Waals surface area contributed by atoms with Gasteiger partial charge in [-0.3, -0.25) is 4.79 Å². The lowest BCUT2D eigenvalue weighted by Crippen LogP contribution is -2.15. The second-order valence-corrected chi connectivity index (χ2v) is 10.3. The van der Waals surface area contributed by atoms with E-state index < -0.39 is 0 Å². The molecule has 0 radical (unpaired) electrons. The standard InChI is InChI=1S/C19H17Br2N3OS2/c1-10-6-12(20)17(13(21)7-10)24-15(25)8-26-18-16-11-4-2-3-5-14(11)27-19(16)23-9-22-18/h6-7,9H,2-5,8H2,1H3,(H,24,25). The maximum atomic E-state index is 12.5. The Labute approximate surface area is 182 Å². The van der Waals surface area contributed by atoms with Crippen LogP contribution in [0.25, 0.3) is 10.2 Å². The molecule has 1 aliphatic rings. The van der Waals surface area contributed by atoms with E-state index in [1.807, 2.05) is 19.1 Å². The Kier molecular flexibility index (Phi) is 5.87. The Morgan fingerprint density at radius 2 is 1.96 bits per heavy atom. The van der Waals surface area contributed by atoms with Crippen molar-refractivity contribution in [2.45, 2.75) is 37.6 Å². The molecule has 0 bridgehead atoms. The van der Waals surface area contributed by atoms with Gasteiger partial charge in [0.25, 0.3) is 0 Å². The normalized spacial score (nSPS) is 13.6. The maximum Gasteiger partial charge on any atom is 0.234 e. The van der Waals surface area contributed by atoms with Gasteiger partial charge in [0.2, 0.25) is 5.91 Å². The van der Waals surface area contributed by atoms with Gasteiger partial charge in [-0.15, -0.1) is 11.3 Å². The lowest BCUT2D eigenvalue weighted by atomic mass is 9.97. The molecule has 0 spiro atoms. The number of benzene rings is 1. The van der Waals surface area contributed by atoms with Crippen LogP contribution in [0.2, 0.25) is 0 Å². The summed E-state index contributed by atoms with van der Waals surface area (Å²) in [7, 11) is 0. The van der Waals surface area contributed by atoms with Crippen LogP contribution in [0.3, 0.4) is 0 Å². The highest BCUT2D eigenvalue weighted by atomic mass is 79.9. The van der Waals surface area contributed by atoms with Crippen LogP contribution in [-0.2, 0) is 17.6 Å². The quantitative estimate of drug-likeness (QED) is 0.328. The van der Waals surface area contributed by atoms with Crippen LogP contribution in [0.4, 0.5) is 5.69 Å². The van der Waals surface area contributed by atoms with Gasteiger partial charge >= 0.3 is 0 Å². The molecule has 2 heterocycles. The third-order valence-corrected chi connectivity index (χ3v) is 7.95. The summed E-state index contributed by atoms with van der Waals surface area (Å²) in [6.07, 6.45) is 6.30. The van der Waals surface area contributed by atoms with Gasteiger partial charge in [0, 0.05) is 19.2 Å². The van der Waals surface area contributed by atoms with Crippen molar-refractivity contribution in [3.05, 3.63) is 43.4 Å². The van der Waals surface area contributed by atoms with E-state index in [1.54, 1.807) is 17.7 Å². The fraction of sp³-hybridized carbons (Fsp3) is 0.316. The van der Waals surface area contributed by atoms with Crippen molar-refractivity contribution in [3.63, 3.8) is 0 Å². The number of thiophene rings is 1. The second-order valence-electron chi connectivity index (χ2n) is 6.51. The van der Waals surface area contributed by atoms with Crippen molar-refractivity contribution >= 4 is 76.8 Å². The van der Waals surface area contributed by atoms with Crippen LogP contribution >= 0.6 is 55.0 Å². The number of carbonyl (C=O) groups is 1. The first-order valence-corrected chi connectivity index (χ1v) is 12.1. The van der Waals surface area contributed by atoms with E-state index >= 15 is 0 Å². The molecular formula is C19H17Br2N3OS2. The zero-order valence-electron chi connectivity index (χ0n) is 14.6. The lowest BCUT2D eigenvalue weighted by Gasteiger charge is -2.12. The molecule has 1 aliphatic carbocycles. The average Bonchev–Trinajstić information content (AvgIpc) is 3.02. The van der Waals surface area contributed by atoms with E-state index in [1.165, 1.54) is 35.0 Å². The lowest BCUT2D eigenvalue weighted by molar-refractivity contribution is -0.113. The van der Waals surface area contributed by atoms with Crippen LogP contribution < -0.4 is 5.32 Å². The highest BCUT2D eigenvalue weighted by molar-refractivity contribution is 9.11. The number of fused-ring (bicyclic) bond motifs is 3. The van der Waals surface area contributed by atoms with Gasteiger partial charge in [-0.25, -0.2) is 9.97 Å². The Morgan fingerprint density at radius 3 is 2.74 bits per heavy atom. The van der Waals surface area contributed by atoms with Crippen LogP contribution in [0.1, 0.15) is 28.8 Å². The Bertz CT molecular complexity index is 1010. The van der Waals surface area contributed by atoms with E-state index in [9.17, 15) is 4.79 Å². The van der Waals surface area contributed by atoms with Crippen LogP contribution in [0, 0.1) is 6.92 Å². The molecule has 1 aromatic carbocycles. The Morgan fingerprint density at radius 1 is 1.22 bits per heavy atom. The highest BCUT2D eigenvalue weighted by Crippen LogP contribution is 2.39. The van der Waals surface area contributed by atoms with E-state index in [0.29, 0.717) is 5.75 Å². The molecule has 2 aromatic heterocycles. The summed E-state index contributed by atoms with van der Waals surface area (Å²) in [5, 5.41) is 5.06. The molecular weight excluding hydrogens is 510 g/mol. The maximum absolute atomic E-state index is 12.5. The number of halogens is 2. The minimum absolute atomic E-state index is 0.0545. The third-order valence-electron chi connectivity index (χ3n) is 4.51. The number of amides is 1. The summed E-state index contributed by atoms with van der Waals surface area (Å²) in [4.78, 5) is 23.9. The predicted octanol–water partition coefficient (Wildman–Crippen LogP) is 6.13. The minimum atomic E-state index is -0.0545. The van der Waals surface area contributed by atoms with Crippen LogP contribution in [-0.4, -0.2) is 21.6 Å². The molecule has 3 aromatic rings. The number of carbonyl (C=O) groups excluding carboxylic acids is 1. The number of rotatable bonds is 4. The van der Waals surface area contributed by atoms with Gasteiger partial charge in [-0.05, 0) is 87.7 Å². The molecule has 0 unspecified atom stereocenters. The minimum Gasteiger partial charge on any atom is -0.323 e. The Hall–Kier alpha value is -0.960. The van der Waals surface area contributed by atoms with Gasteiger partial charge in [-0.2, -0.15) is 0 Å². The fourth-order valence-electron chi connectivity index (χ4n) is 3.30. The van der Waals surface area contributed by atoms with Gasteiger partial charge in [0.15, 0.2) is 0 Å². The van der Waals surface area contributed by atoms with Crippen molar-refractivity contribution < 1.29 is 4.79 Å². The molecule has 0 fully saturated rings. The van der Waals surface area contributed by atoms with Crippen molar-refractivity contribution in [1.82, 2.24) is 9.97 Å². The van der Waals surface area contributed by atoms with Gasteiger partial charge in [-0.1, -0.05) is 11.8 Å². The first-order valence-electron chi connectivity index (χ1n) is 8.66. The summed E-state index contributed by atoms with van der Waals surface area (Å²) in [5.74, 6) is 0.254. The van der Waals surface area contributed by atoms with Crippen molar-refractivity contribution in [2.75, 3.05) is 11.1 Å². The van der Waals surface area contributed by atoms with Crippen LogP contribution in [0.15, 0.2) is 32.4 Å². The number of hydrogen-bond donors (Lipinski definition) is 1. The largest absolute Gasteiger partial charge is 0.323 e. The van der Waals surface area contributed by atoms with Gasteiger partial charge < -0.3 is 5.32 Å². The zero-order chi connectivity index (χ0) is 19.0. The molecule has 1 amide bonds. The summed E-state index contributed by atoms with van der Waals surface area (Å²) in [6.45, 7) is 2.01. The summed E-state index contributed by atoms with van der Waals surface area (Å²) >= 11 is 10.3. The molecule has 1 N–H and O–H groups in total. The highest BCUT2D eigenvalue weighted by Gasteiger charge is 2.20. The van der Waals surface area contributed by atoms with Crippen LogP contribution in [0.5, 0.6) is 0 Å². The van der Waals surface area contributed by atoms with Crippen molar-refractivity contribution in [1.29, 1.82) is 0 Å². The predicted molar refractivity (Wildman–Crippen MR) is 120 cm³/mol. The summed E-state index contributed by atoms with van der Waals surface area (Å²) < 4.78 is 1.73. The summed E-state index contributed by atoms with van der Waals surface area (Å²) in [6, 6.07) is 3.97. The average molecular weight is 527 g/mol. The molecule has 0 atom stereocenters. The number of thioether (sulfide) groups is 1. The molecule has 0 aliphatic heterocycles. The topological polar surface area (TPSA) is 54.9 Å².